The molecule has 2 N–H and O–H groups in total. The van der Waals surface area contributed by atoms with Crippen LogP contribution in [0.25, 0.3) is 11.0 Å². The van der Waals surface area contributed by atoms with Gasteiger partial charge >= 0.3 is 11.8 Å². The summed E-state index contributed by atoms with van der Waals surface area (Å²) in [4.78, 5) is 48.7. The molecule has 1 saturated heterocycles. The number of alkyl carbamates (subject to hydrolysis) is 1. The topological polar surface area (TPSA) is 111 Å². The predicted molar refractivity (Wildman–Crippen MR) is 153 cm³/mol. The molecule has 216 valence electrons. The molecule has 1 aromatic heterocycles. The van der Waals surface area contributed by atoms with Gasteiger partial charge in [0.1, 0.15) is 11.6 Å². The lowest BCUT2D eigenvalue weighted by Crippen LogP contribution is -2.44. The van der Waals surface area contributed by atoms with Gasteiger partial charge in [0.15, 0.2) is 0 Å². The van der Waals surface area contributed by atoms with Crippen LogP contribution in [0.1, 0.15) is 109 Å². The fourth-order valence-corrected chi connectivity index (χ4v) is 5.31. The number of para-hydroxylation sites is 1. The third-order valence-electron chi connectivity index (χ3n) is 7.25. The smallest absolute Gasteiger partial charge is 0.407 e. The first-order valence-electron chi connectivity index (χ1n) is 14.6. The molecular formula is C30H46N4O5. The van der Waals surface area contributed by atoms with Gasteiger partial charge in [-0.1, -0.05) is 63.5 Å². The number of fused-ring (bicyclic) bond motifs is 1. The van der Waals surface area contributed by atoms with E-state index >= 15 is 0 Å². The number of aromatic nitrogens is 2. The molecule has 9 nitrogen and oxygen atoms in total. The Kier molecular flexibility index (Phi) is 11.2. The Balaban J connectivity index is 1.32. The van der Waals surface area contributed by atoms with Crippen molar-refractivity contribution in [1.29, 1.82) is 0 Å². The number of carbonyl (C=O) groups excluding carboxylic acids is 3. The number of hydrogen-bond acceptors (Lipinski definition) is 5. The first kappa shape index (κ1) is 30.4. The zero-order valence-electron chi connectivity index (χ0n) is 24.1. The largest absolute Gasteiger partial charge is 0.444 e. The van der Waals surface area contributed by atoms with E-state index in [2.05, 4.69) is 16.7 Å². The number of ether oxygens (including phenoxy) is 1. The minimum Gasteiger partial charge on any atom is -0.444 e. The monoisotopic (exact) mass is 542 g/mol. The lowest BCUT2D eigenvalue weighted by atomic mass is 10.0. The standard InChI is InChI=1S/C30H46N4O5/c1-30(2,3)39-28(37)31-21-14-12-10-8-6-5-7-9-11-13-16-22-17-15-18-23-26(22)33(4)29(38)34(23)24-19-20-25(35)32-27(24)36/h15,17-18,24H,5-14,16,19-21H2,1-4H3,(H,31,37)(H,32,35,36). The summed E-state index contributed by atoms with van der Waals surface area (Å²) in [7, 11) is 1.76. The van der Waals surface area contributed by atoms with Crippen molar-refractivity contribution in [2.45, 2.75) is 116 Å². The lowest BCUT2D eigenvalue weighted by molar-refractivity contribution is -0.135. The summed E-state index contributed by atoms with van der Waals surface area (Å²) in [5.41, 5.74) is 2.10. The van der Waals surface area contributed by atoms with E-state index in [1.807, 2.05) is 32.9 Å². The molecule has 1 unspecified atom stereocenters. The highest BCUT2D eigenvalue weighted by molar-refractivity contribution is 6.00. The van der Waals surface area contributed by atoms with Gasteiger partial charge in [-0.2, -0.15) is 0 Å². The molecular weight excluding hydrogens is 496 g/mol. The van der Waals surface area contributed by atoms with Crippen LogP contribution < -0.4 is 16.3 Å². The zero-order valence-corrected chi connectivity index (χ0v) is 24.1. The third kappa shape index (κ3) is 8.97. The van der Waals surface area contributed by atoms with E-state index in [1.54, 1.807) is 16.2 Å². The first-order valence-corrected chi connectivity index (χ1v) is 14.6. The Bertz CT molecular complexity index is 1190. The van der Waals surface area contributed by atoms with E-state index in [1.165, 1.54) is 38.5 Å². The Morgan fingerprint density at radius 3 is 2.21 bits per heavy atom. The molecule has 0 bridgehead atoms. The van der Waals surface area contributed by atoms with Crippen molar-refractivity contribution in [3.05, 3.63) is 34.2 Å². The minimum atomic E-state index is -0.650. The van der Waals surface area contributed by atoms with Crippen LogP contribution in [0.4, 0.5) is 4.79 Å². The summed E-state index contributed by atoms with van der Waals surface area (Å²) in [5.74, 6) is -0.684. The first-order chi connectivity index (χ1) is 18.6. The van der Waals surface area contributed by atoms with E-state index in [0.717, 1.165) is 48.7 Å². The quantitative estimate of drug-likeness (QED) is 0.249. The van der Waals surface area contributed by atoms with Crippen molar-refractivity contribution in [2.75, 3.05) is 6.54 Å². The summed E-state index contributed by atoms with van der Waals surface area (Å²) in [5, 5.41) is 5.18. The van der Waals surface area contributed by atoms with Crippen molar-refractivity contribution >= 4 is 28.9 Å². The fraction of sp³-hybridized carbons (Fsp3) is 0.667. The van der Waals surface area contributed by atoms with Crippen molar-refractivity contribution in [2.24, 2.45) is 7.05 Å². The van der Waals surface area contributed by atoms with Gasteiger partial charge in [0.2, 0.25) is 11.8 Å². The number of imide groups is 1. The van der Waals surface area contributed by atoms with E-state index < -0.39 is 17.6 Å². The Labute approximate surface area is 231 Å². The molecule has 0 aliphatic carbocycles. The molecule has 1 aliphatic heterocycles. The van der Waals surface area contributed by atoms with Gasteiger partial charge in [-0.3, -0.25) is 24.0 Å². The molecule has 0 saturated carbocycles. The van der Waals surface area contributed by atoms with Gasteiger partial charge < -0.3 is 10.1 Å². The predicted octanol–water partition coefficient (Wildman–Crippen LogP) is 5.29. The van der Waals surface area contributed by atoms with Gasteiger partial charge in [-0.05, 0) is 58.1 Å². The van der Waals surface area contributed by atoms with Crippen LogP contribution in [-0.2, 0) is 27.8 Å². The van der Waals surface area contributed by atoms with Crippen LogP contribution in [0, 0.1) is 0 Å². The van der Waals surface area contributed by atoms with E-state index in [4.69, 9.17) is 4.74 Å². The maximum absolute atomic E-state index is 13.1. The second-order valence-corrected chi connectivity index (χ2v) is 11.7. The number of rotatable bonds is 14. The van der Waals surface area contributed by atoms with Crippen molar-refractivity contribution in [3.63, 3.8) is 0 Å². The maximum atomic E-state index is 13.1. The van der Waals surface area contributed by atoms with E-state index in [0.29, 0.717) is 13.0 Å². The van der Waals surface area contributed by atoms with E-state index in [9.17, 15) is 19.2 Å². The summed E-state index contributed by atoms with van der Waals surface area (Å²) >= 11 is 0. The van der Waals surface area contributed by atoms with Crippen LogP contribution in [0.5, 0.6) is 0 Å². The summed E-state index contributed by atoms with van der Waals surface area (Å²) in [6, 6.07) is 5.26. The molecule has 1 atom stereocenters. The number of imidazole rings is 1. The molecule has 2 aromatic rings. The number of piperidine rings is 1. The number of benzene rings is 1. The number of amides is 3. The number of carbonyl (C=O) groups is 3. The van der Waals surface area contributed by atoms with Gasteiger partial charge in [-0.15, -0.1) is 0 Å². The van der Waals surface area contributed by atoms with Gasteiger partial charge in [0.25, 0.3) is 0 Å². The minimum absolute atomic E-state index is 0.216. The van der Waals surface area contributed by atoms with Crippen LogP contribution in [0.2, 0.25) is 0 Å². The van der Waals surface area contributed by atoms with E-state index in [-0.39, 0.29) is 24.1 Å². The summed E-state index contributed by atoms with van der Waals surface area (Å²) in [6.07, 6.45) is 12.8. The Morgan fingerprint density at radius 1 is 0.974 bits per heavy atom. The number of nitrogens with zero attached hydrogens (tertiary/aromatic N) is 2. The van der Waals surface area contributed by atoms with Gasteiger partial charge in [0, 0.05) is 20.0 Å². The highest BCUT2D eigenvalue weighted by Crippen LogP contribution is 2.26. The molecule has 1 aromatic carbocycles. The van der Waals surface area contributed by atoms with Crippen molar-refractivity contribution in [3.8, 4) is 0 Å². The van der Waals surface area contributed by atoms with Crippen LogP contribution in [-0.4, -0.2) is 39.2 Å². The van der Waals surface area contributed by atoms with Crippen molar-refractivity contribution < 1.29 is 19.1 Å². The number of nitrogens with one attached hydrogen (secondary N) is 2. The van der Waals surface area contributed by atoms with Crippen LogP contribution >= 0.6 is 0 Å². The molecule has 0 radical (unpaired) electrons. The molecule has 0 spiro atoms. The van der Waals surface area contributed by atoms with Crippen LogP contribution in [0.3, 0.4) is 0 Å². The van der Waals surface area contributed by atoms with Gasteiger partial charge in [0.05, 0.1) is 11.0 Å². The number of hydrogen-bond donors (Lipinski definition) is 2. The third-order valence-corrected chi connectivity index (χ3v) is 7.25. The molecule has 2 heterocycles. The normalized spacial score (nSPS) is 15.9. The number of aryl methyl sites for hydroxylation is 2. The summed E-state index contributed by atoms with van der Waals surface area (Å²) in [6.45, 7) is 6.26. The molecule has 1 fully saturated rings. The molecule has 1 aliphatic rings. The van der Waals surface area contributed by atoms with Crippen molar-refractivity contribution in [1.82, 2.24) is 19.8 Å². The highest BCUT2D eigenvalue weighted by Gasteiger charge is 2.31. The van der Waals surface area contributed by atoms with Crippen LogP contribution in [0.15, 0.2) is 23.0 Å². The zero-order chi connectivity index (χ0) is 28.4. The molecule has 3 amide bonds. The SMILES string of the molecule is Cn1c(=O)n(C2CCC(=O)NC2=O)c2cccc(CCCCCCCCCCCCNC(=O)OC(C)(C)C)c21. The molecule has 3 rings (SSSR count). The highest BCUT2D eigenvalue weighted by atomic mass is 16.6. The number of unbranched alkanes of at least 4 members (excludes halogenated alkanes) is 9. The Morgan fingerprint density at radius 2 is 1.59 bits per heavy atom. The average molecular weight is 543 g/mol. The average Bonchev–Trinajstić information content (AvgIpc) is 3.11. The maximum Gasteiger partial charge on any atom is 0.407 e. The Hall–Kier alpha value is -3.10. The summed E-state index contributed by atoms with van der Waals surface area (Å²) < 4.78 is 8.43. The van der Waals surface area contributed by atoms with Gasteiger partial charge in [-0.25, -0.2) is 9.59 Å². The fourth-order valence-electron chi connectivity index (χ4n) is 5.31. The molecule has 9 heteroatoms. The second-order valence-electron chi connectivity index (χ2n) is 11.7. The second kappa shape index (κ2) is 14.3. The lowest BCUT2D eigenvalue weighted by Gasteiger charge is -2.21. The molecule has 39 heavy (non-hydrogen) atoms.